The van der Waals surface area contributed by atoms with Gasteiger partial charge in [-0.15, -0.1) is 0 Å². The lowest BCUT2D eigenvalue weighted by Gasteiger charge is -2.11. The van der Waals surface area contributed by atoms with Gasteiger partial charge in [0.05, 0.1) is 19.5 Å². The average molecular weight is 239 g/mol. The van der Waals surface area contributed by atoms with Crippen LogP contribution in [0, 0.1) is 5.92 Å². The van der Waals surface area contributed by atoms with Crippen LogP contribution in [0.1, 0.15) is 23.8 Å². The first-order chi connectivity index (χ1) is 8.17. The second-order valence-corrected chi connectivity index (χ2v) is 3.78. The van der Waals surface area contributed by atoms with Crippen molar-refractivity contribution < 1.29 is 14.6 Å². The maximum Gasteiger partial charge on any atom is 0.358 e. The van der Waals surface area contributed by atoms with Gasteiger partial charge in [-0.1, -0.05) is 6.92 Å². The molecule has 2 N–H and O–H groups in total. The standard InChI is InChI=1S/C11H17N3O3/c1-8(3-4-15)5-13-10-7-12-9(6-14-10)11(16)17-2/h6-8,15H,3-5H2,1-2H3,(H,13,14). The fraction of sp³-hybridized carbons (Fsp3) is 0.545. The molecule has 17 heavy (non-hydrogen) atoms. The molecule has 0 saturated heterocycles. The molecule has 0 fully saturated rings. The SMILES string of the molecule is COC(=O)c1cnc(NCC(C)CCO)cn1. The minimum Gasteiger partial charge on any atom is -0.464 e. The number of aromatic nitrogens is 2. The van der Waals surface area contributed by atoms with E-state index in [9.17, 15) is 4.79 Å². The highest BCUT2D eigenvalue weighted by Gasteiger charge is 2.07. The van der Waals surface area contributed by atoms with Crippen LogP contribution in [0.15, 0.2) is 12.4 Å². The minimum atomic E-state index is -0.502. The zero-order valence-corrected chi connectivity index (χ0v) is 10.0. The Morgan fingerprint density at radius 3 is 2.82 bits per heavy atom. The summed E-state index contributed by atoms with van der Waals surface area (Å²) in [6.07, 6.45) is 3.59. The summed E-state index contributed by atoms with van der Waals surface area (Å²) in [5, 5.41) is 11.8. The molecule has 0 radical (unpaired) electrons. The van der Waals surface area contributed by atoms with Crippen LogP contribution in [0.5, 0.6) is 0 Å². The van der Waals surface area contributed by atoms with Crippen molar-refractivity contribution in [2.75, 3.05) is 25.6 Å². The summed E-state index contributed by atoms with van der Waals surface area (Å²) in [6, 6.07) is 0. The molecular weight excluding hydrogens is 222 g/mol. The number of nitrogens with one attached hydrogen (secondary N) is 1. The maximum absolute atomic E-state index is 11.1. The fourth-order valence-corrected chi connectivity index (χ4v) is 1.23. The van der Waals surface area contributed by atoms with Gasteiger partial charge >= 0.3 is 5.97 Å². The number of esters is 1. The van der Waals surface area contributed by atoms with Crippen LogP contribution in [0.2, 0.25) is 0 Å². The predicted octanol–water partition coefficient (Wildman–Crippen LogP) is 0.694. The lowest BCUT2D eigenvalue weighted by molar-refractivity contribution is 0.0593. The zero-order valence-electron chi connectivity index (χ0n) is 10.0. The zero-order chi connectivity index (χ0) is 12.7. The highest BCUT2D eigenvalue weighted by Crippen LogP contribution is 2.05. The molecule has 0 spiro atoms. The molecule has 1 atom stereocenters. The monoisotopic (exact) mass is 239 g/mol. The van der Waals surface area contributed by atoms with Crippen molar-refractivity contribution in [3.63, 3.8) is 0 Å². The number of carbonyl (C=O) groups is 1. The van der Waals surface area contributed by atoms with Gasteiger partial charge in [0.15, 0.2) is 5.69 Å². The van der Waals surface area contributed by atoms with E-state index in [-0.39, 0.29) is 12.3 Å². The minimum absolute atomic E-state index is 0.176. The van der Waals surface area contributed by atoms with Crippen molar-refractivity contribution in [1.29, 1.82) is 0 Å². The number of ether oxygens (including phenoxy) is 1. The van der Waals surface area contributed by atoms with Crippen molar-refractivity contribution in [1.82, 2.24) is 9.97 Å². The molecule has 0 bridgehead atoms. The fourth-order valence-electron chi connectivity index (χ4n) is 1.23. The van der Waals surface area contributed by atoms with Crippen LogP contribution in [0.4, 0.5) is 5.82 Å². The van der Waals surface area contributed by atoms with Crippen molar-refractivity contribution in [3.8, 4) is 0 Å². The molecule has 0 aliphatic rings. The quantitative estimate of drug-likeness (QED) is 0.711. The van der Waals surface area contributed by atoms with Gasteiger partial charge in [-0.3, -0.25) is 0 Å². The van der Waals surface area contributed by atoms with E-state index in [1.165, 1.54) is 19.5 Å². The number of aliphatic hydroxyl groups is 1. The van der Waals surface area contributed by atoms with Crippen molar-refractivity contribution in [2.45, 2.75) is 13.3 Å². The number of aliphatic hydroxyl groups excluding tert-OH is 1. The smallest absolute Gasteiger partial charge is 0.358 e. The van der Waals surface area contributed by atoms with E-state index in [1.807, 2.05) is 6.92 Å². The number of nitrogens with zero attached hydrogens (tertiary/aromatic N) is 2. The Morgan fingerprint density at radius 1 is 1.53 bits per heavy atom. The third-order valence-electron chi connectivity index (χ3n) is 2.30. The third-order valence-corrected chi connectivity index (χ3v) is 2.30. The molecule has 6 heteroatoms. The van der Waals surface area contributed by atoms with E-state index < -0.39 is 5.97 Å². The summed E-state index contributed by atoms with van der Waals surface area (Å²) in [7, 11) is 1.30. The summed E-state index contributed by atoms with van der Waals surface area (Å²) in [6.45, 7) is 2.90. The van der Waals surface area contributed by atoms with E-state index >= 15 is 0 Å². The molecule has 1 unspecified atom stereocenters. The summed E-state index contributed by atoms with van der Waals surface area (Å²) >= 11 is 0. The van der Waals surface area contributed by atoms with Gasteiger partial charge < -0.3 is 15.2 Å². The number of hydrogen-bond acceptors (Lipinski definition) is 6. The molecule has 1 aromatic heterocycles. The molecule has 1 aromatic rings. The number of anilines is 1. The highest BCUT2D eigenvalue weighted by atomic mass is 16.5. The average Bonchev–Trinajstić information content (AvgIpc) is 2.36. The van der Waals surface area contributed by atoms with Gasteiger partial charge in [-0.2, -0.15) is 0 Å². The van der Waals surface area contributed by atoms with Crippen LogP contribution in [-0.4, -0.2) is 41.3 Å². The summed E-state index contributed by atoms with van der Waals surface area (Å²) < 4.78 is 4.52. The largest absolute Gasteiger partial charge is 0.464 e. The van der Waals surface area contributed by atoms with Crippen molar-refractivity contribution in [3.05, 3.63) is 18.1 Å². The van der Waals surface area contributed by atoms with E-state index in [0.717, 1.165) is 6.42 Å². The second-order valence-electron chi connectivity index (χ2n) is 3.78. The molecule has 1 heterocycles. The Balaban J connectivity index is 2.48. The Hall–Kier alpha value is -1.69. The first-order valence-electron chi connectivity index (χ1n) is 5.42. The molecule has 0 aliphatic heterocycles. The van der Waals surface area contributed by atoms with Crippen LogP contribution >= 0.6 is 0 Å². The van der Waals surface area contributed by atoms with Crippen molar-refractivity contribution in [2.24, 2.45) is 5.92 Å². The van der Waals surface area contributed by atoms with Gasteiger partial charge in [0, 0.05) is 13.2 Å². The lowest BCUT2D eigenvalue weighted by atomic mass is 10.1. The third kappa shape index (κ3) is 4.36. The van der Waals surface area contributed by atoms with Crippen LogP contribution < -0.4 is 5.32 Å². The van der Waals surface area contributed by atoms with Gasteiger partial charge in [-0.25, -0.2) is 14.8 Å². The summed E-state index contributed by atoms with van der Waals surface area (Å²) in [5.41, 5.74) is 0.182. The Bertz CT molecular complexity index is 353. The number of rotatable bonds is 6. The maximum atomic E-state index is 11.1. The van der Waals surface area contributed by atoms with Gasteiger partial charge in [-0.05, 0) is 12.3 Å². The molecule has 0 aromatic carbocycles. The first-order valence-corrected chi connectivity index (χ1v) is 5.42. The van der Waals surface area contributed by atoms with Gasteiger partial charge in [0.1, 0.15) is 5.82 Å². The molecule has 94 valence electrons. The van der Waals surface area contributed by atoms with E-state index in [1.54, 1.807) is 0 Å². The number of methoxy groups -OCH3 is 1. The molecule has 0 aliphatic carbocycles. The second kappa shape index (κ2) is 6.80. The lowest BCUT2D eigenvalue weighted by Crippen LogP contribution is -2.14. The van der Waals surface area contributed by atoms with E-state index in [4.69, 9.17) is 5.11 Å². The van der Waals surface area contributed by atoms with E-state index in [2.05, 4.69) is 20.0 Å². The Kier molecular flexibility index (Phi) is 5.35. The molecule has 1 rings (SSSR count). The van der Waals surface area contributed by atoms with Crippen molar-refractivity contribution >= 4 is 11.8 Å². The van der Waals surface area contributed by atoms with Gasteiger partial charge in [0.2, 0.25) is 0 Å². The van der Waals surface area contributed by atoms with Crippen LogP contribution in [-0.2, 0) is 4.74 Å². The molecular formula is C11H17N3O3. The van der Waals surface area contributed by atoms with E-state index in [0.29, 0.717) is 18.3 Å². The molecule has 6 nitrogen and oxygen atoms in total. The van der Waals surface area contributed by atoms with Gasteiger partial charge in [0.25, 0.3) is 0 Å². The number of hydrogen-bond donors (Lipinski definition) is 2. The highest BCUT2D eigenvalue weighted by molar-refractivity contribution is 5.86. The predicted molar refractivity (Wildman–Crippen MR) is 62.7 cm³/mol. The molecule has 0 amide bonds. The Labute approximate surface area is 100 Å². The number of carbonyl (C=O) groups excluding carboxylic acids is 1. The summed E-state index contributed by atoms with van der Waals surface area (Å²) in [5.74, 6) is 0.447. The normalized spacial score (nSPS) is 11.9. The summed E-state index contributed by atoms with van der Waals surface area (Å²) in [4.78, 5) is 19.1. The topological polar surface area (TPSA) is 84.3 Å². The molecule has 0 saturated carbocycles. The Morgan fingerprint density at radius 2 is 2.29 bits per heavy atom. The first kappa shape index (κ1) is 13.4. The van der Waals surface area contributed by atoms with Crippen LogP contribution in [0.3, 0.4) is 0 Å². The van der Waals surface area contributed by atoms with Crippen LogP contribution in [0.25, 0.3) is 0 Å².